The Bertz CT molecular complexity index is 382. The summed E-state index contributed by atoms with van der Waals surface area (Å²) in [5.74, 6) is 0.560. The largest absolute Gasteiger partial charge is 0.496 e. The van der Waals surface area contributed by atoms with Gasteiger partial charge in [-0.15, -0.1) is 0 Å². The molecule has 1 amide bonds. The van der Waals surface area contributed by atoms with Crippen LogP contribution in [-0.4, -0.2) is 26.1 Å². The SMILES string of the molecule is CNC(=O)C(N)Cc1cc(Br)ccc1OC. The van der Waals surface area contributed by atoms with Gasteiger partial charge in [0, 0.05) is 17.9 Å². The molecule has 0 heterocycles. The van der Waals surface area contributed by atoms with Crippen molar-refractivity contribution in [2.45, 2.75) is 12.5 Å². The van der Waals surface area contributed by atoms with E-state index >= 15 is 0 Å². The first-order valence-electron chi connectivity index (χ1n) is 4.88. The standard InChI is InChI=1S/C11H15BrN2O2/c1-14-11(15)9(13)6-7-5-8(12)3-4-10(7)16-2/h3-5,9H,6,13H2,1-2H3,(H,14,15). The molecular formula is C11H15BrN2O2. The van der Waals surface area contributed by atoms with Gasteiger partial charge in [-0.1, -0.05) is 15.9 Å². The highest BCUT2D eigenvalue weighted by molar-refractivity contribution is 9.10. The molecule has 5 heteroatoms. The van der Waals surface area contributed by atoms with Crippen molar-refractivity contribution >= 4 is 21.8 Å². The van der Waals surface area contributed by atoms with Crippen molar-refractivity contribution in [1.82, 2.24) is 5.32 Å². The molecule has 1 rings (SSSR count). The van der Waals surface area contributed by atoms with Crippen molar-refractivity contribution in [2.75, 3.05) is 14.2 Å². The Hall–Kier alpha value is -1.07. The maximum atomic E-state index is 11.3. The second-order valence-electron chi connectivity index (χ2n) is 3.38. The molecule has 0 radical (unpaired) electrons. The summed E-state index contributed by atoms with van der Waals surface area (Å²) < 4.78 is 6.14. The molecule has 0 aliphatic rings. The van der Waals surface area contributed by atoms with Crippen LogP contribution in [0.4, 0.5) is 0 Å². The lowest BCUT2D eigenvalue weighted by Crippen LogP contribution is -2.40. The van der Waals surface area contributed by atoms with Crippen molar-refractivity contribution in [3.8, 4) is 5.75 Å². The monoisotopic (exact) mass is 286 g/mol. The number of halogens is 1. The van der Waals surface area contributed by atoms with Crippen LogP contribution < -0.4 is 15.8 Å². The van der Waals surface area contributed by atoms with E-state index in [-0.39, 0.29) is 5.91 Å². The van der Waals surface area contributed by atoms with Gasteiger partial charge in [-0.3, -0.25) is 4.79 Å². The molecule has 4 nitrogen and oxygen atoms in total. The molecule has 0 aliphatic carbocycles. The van der Waals surface area contributed by atoms with Gasteiger partial charge in [-0.2, -0.15) is 0 Å². The third-order valence-corrected chi connectivity index (χ3v) is 2.76. The zero-order valence-electron chi connectivity index (χ0n) is 9.29. The number of hydrogen-bond donors (Lipinski definition) is 2. The lowest BCUT2D eigenvalue weighted by molar-refractivity contribution is -0.121. The number of benzene rings is 1. The van der Waals surface area contributed by atoms with E-state index in [4.69, 9.17) is 10.5 Å². The molecule has 0 spiro atoms. The van der Waals surface area contributed by atoms with Crippen LogP contribution >= 0.6 is 15.9 Å². The Labute approximate surface area is 103 Å². The van der Waals surface area contributed by atoms with E-state index < -0.39 is 6.04 Å². The number of nitrogens with two attached hydrogens (primary N) is 1. The second-order valence-corrected chi connectivity index (χ2v) is 4.30. The molecule has 1 unspecified atom stereocenters. The molecule has 16 heavy (non-hydrogen) atoms. The number of ether oxygens (including phenoxy) is 1. The van der Waals surface area contributed by atoms with E-state index in [1.807, 2.05) is 18.2 Å². The minimum Gasteiger partial charge on any atom is -0.496 e. The number of likely N-dealkylation sites (N-methyl/N-ethyl adjacent to an activating group) is 1. The van der Waals surface area contributed by atoms with E-state index in [1.54, 1.807) is 14.2 Å². The number of amides is 1. The van der Waals surface area contributed by atoms with E-state index in [0.29, 0.717) is 6.42 Å². The highest BCUT2D eigenvalue weighted by Crippen LogP contribution is 2.23. The Kier molecular flexibility index (Phi) is 4.76. The van der Waals surface area contributed by atoms with Crippen molar-refractivity contribution in [3.63, 3.8) is 0 Å². The average molecular weight is 287 g/mol. The Balaban J connectivity index is 2.86. The minimum absolute atomic E-state index is 0.179. The summed E-state index contributed by atoms with van der Waals surface area (Å²) in [4.78, 5) is 11.3. The van der Waals surface area contributed by atoms with E-state index in [9.17, 15) is 4.79 Å². The zero-order chi connectivity index (χ0) is 12.1. The van der Waals surface area contributed by atoms with Crippen LogP contribution in [0.15, 0.2) is 22.7 Å². The Morgan fingerprint density at radius 1 is 1.62 bits per heavy atom. The molecule has 88 valence electrons. The molecule has 1 atom stereocenters. The van der Waals surface area contributed by atoms with Crippen LogP contribution in [0.2, 0.25) is 0 Å². The zero-order valence-corrected chi connectivity index (χ0v) is 10.9. The molecule has 3 N–H and O–H groups in total. The van der Waals surface area contributed by atoms with E-state index in [1.165, 1.54) is 0 Å². The molecule has 0 aromatic heterocycles. The molecule has 0 bridgehead atoms. The van der Waals surface area contributed by atoms with E-state index in [0.717, 1.165) is 15.8 Å². The van der Waals surface area contributed by atoms with Gasteiger partial charge in [0.1, 0.15) is 5.75 Å². The second kappa shape index (κ2) is 5.86. The van der Waals surface area contributed by atoms with Gasteiger partial charge in [0.2, 0.25) is 5.91 Å². The van der Waals surface area contributed by atoms with Gasteiger partial charge in [0.15, 0.2) is 0 Å². The minimum atomic E-state index is -0.562. The van der Waals surface area contributed by atoms with Crippen molar-refractivity contribution in [2.24, 2.45) is 5.73 Å². The number of nitrogens with one attached hydrogen (secondary N) is 1. The van der Waals surface area contributed by atoms with Crippen molar-refractivity contribution in [3.05, 3.63) is 28.2 Å². The summed E-state index contributed by atoms with van der Waals surface area (Å²) in [7, 11) is 3.17. The summed E-state index contributed by atoms with van der Waals surface area (Å²) in [6, 6.07) is 5.07. The first-order valence-corrected chi connectivity index (χ1v) is 5.67. The normalized spacial score (nSPS) is 12.0. The van der Waals surface area contributed by atoms with Gasteiger partial charge < -0.3 is 15.8 Å². The number of rotatable bonds is 4. The highest BCUT2D eigenvalue weighted by atomic mass is 79.9. The molecule has 0 aliphatic heterocycles. The van der Waals surface area contributed by atoms with Crippen LogP contribution in [-0.2, 0) is 11.2 Å². The highest BCUT2D eigenvalue weighted by Gasteiger charge is 2.15. The summed E-state index contributed by atoms with van der Waals surface area (Å²) in [5.41, 5.74) is 6.66. The average Bonchev–Trinajstić information content (AvgIpc) is 2.28. The van der Waals surface area contributed by atoms with E-state index in [2.05, 4.69) is 21.2 Å². The predicted octanol–water partition coefficient (Wildman–Crippen LogP) is 1.07. The fraction of sp³-hybridized carbons (Fsp3) is 0.364. The first-order chi connectivity index (χ1) is 7.58. The number of methoxy groups -OCH3 is 1. The topological polar surface area (TPSA) is 64.4 Å². The fourth-order valence-electron chi connectivity index (χ4n) is 1.42. The van der Waals surface area contributed by atoms with Gasteiger partial charge in [-0.25, -0.2) is 0 Å². The number of carbonyl (C=O) groups is 1. The molecule has 1 aromatic rings. The third-order valence-electron chi connectivity index (χ3n) is 2.27. The van der Waals surface area contributed by atoms with Crippen LogP contribution in [0, 0.1) is 0 Å². The predicted molar refractivity (Wildman–Crippen MR) is 66.4 cm³/mol. The van der Waals surface area contributed by atoms with Crippen LogP contribution in [0.1, 0.15) is 5.56 Å². The Morgan fingerprint density at radius 3 is 2.88 bits per heavy atom. The smallest absolute Gasteiger partial charge is 0.237 e. The quantitative estimate of drug-likeness (QED) is 0.870. The van der Waals surface area contributed by atoms with Gasteiger partial charge in [0.25, 0.3) is 0 Å². The molecular weight excluding hydrogens is 272 g/mol. The van der Waals surface area contributed by atoms with Crippen molar-refractivity contribution < 1.29 is 9.53 Å². The lowest BCUT2D eigenvalue weighted by Gasteiger charge is -2.13. The number of hydrogen-bond acceptors (Lipinski definition) is 3. The fourth-order valence-corrected chi connectivity index (χ4v) is 1.83. The maximum Gasteiger partial charge on any atom is 0.237 e. The van der Waals surface area contributed by atoms with Gasteiger partial charge in [-0.05, 0) is 23.8 Å². The Morgan fingerprint density at radius 2 is 2.31 bits per heavy atom. The summed E-state index contributed by atoms with van der Waals surface area (Å²) >= 11 is 3.37. The molecule has 0 saturated carbocycles. The summed E-state index contributed by atoms with van der Waals surface area (Å²) in [6.45, 7) is 0. The molecule has 1 aromatic carbocycles. The maximum absolute atomic E-state index is 11.3. The lowest BCUT2D eigenvalue weighted by atomic mass is 10.1. The number of carbonyl (C=O) groups excluding carboxylic acids is 1. The first kappa shape index (κ1) is 13.0. The van der Waals surface area contributed by atoms with Crippen LogP contribution in [0.5, 0.6) is 5.75 Å². The summed E-state index contributed by atoms with van der Waals surface area (Å²) in [5, 5.41) is 2.52. The van der Waals surface area contributed by atoms with Gasteiger partial charge in [0.05, 0.1) is 13.2 Å². The van der Waals surface area contributed by atoms with Crippen LogP contribution in [0.25, 0.3) is 0 Å². The van der Waals surface area contributed by atoms with Crippen LogP contribution in [0.3, 0.4) is 0 Å². The molecule has 0 fully saturated rings. The third kappa shape index (κ3) is 3.21. The summed E-state index contributed by atoms with van der Waals surface area (Å²) in [6.07, 6.45) is 0.447. The molecule has 0 saturated heterocycles. The van der Waals surface area contributed by atoms with Gasteiger partial charge >= 0.3 is 0 Å². The van der Waals surface area contributed by atoms with Crippen molar-refractivity contribution in [1.29, 1.82) is 0 Å².